The minimum Gasteiger partial charge on any atom is -0.367 e. The van der Waals surface area contributed by atoms with Gasteiger partial charge in [0, 0.05) is 50.9 Å². The number of benzene rings is 2. The third-order valence-electron chi connectivity index (χ3n) is 5.88. The summed E-state index contributed by atoms with van der Waals surface area (Å²) in [5, 5.41) is 12.4. The molecule has 0 radical (unpaired) electrons. The van der Waals surface area contributed by atoms with Gasteiger partial charge in [0.25, 0.3) is 11.6 Å². The quantitative estimate of drug-likeness (QED) is 0.539. The molecule has 0 aromatic heterocycles. The van der Waals surface area contributed by atoms with Gasteiger partial charge in [-0.1, -0.05) is 23.7 Å². The van der Waals surface area contributed by atoms with Crippen LogP contribution in [-0.4, -0.2) is 55.0 Å². The van der Waals surface area contributed by atoms with Gasteiger partial charge < -0.3 is 14.7 Å². The molecule has 0 N–H and O–H groups in total. The average Bonchev–Trinajstić information content (AvgIpc) is 2.79. The Kier molecular flexibility index (Phi) is 6.08. The number of amides is 1. The van der Waals surface area contributed by atoms with E-state index in [1.54, 1.807) is 17.0 Å². The topological polar surface area (TPSA) is 69.9 Å². The first-order chi connectivity index (χ1) is 14.5. The summed E-state index contributed by atoms with van der Waals surface area (Å²) in [7, 11) is 0. The molecule has 7 nitrogen and oxygen atoms in total. The number of halogens is 1. The van der Waals surface area contributed by atoms with E-state index >= 15 is 0 Å². The zero-order valence-corrected chi connectivity index (χ0v) is 17.6. The largest absolute Gasteiger partial charge is 0.367 e. The highest BCUT2D eigenvalue weighted by Crippen LogP contribution is 2.32. The Morgan fingerprint density at radius 3 is 2.20 bits per heavy atom. The first-order valence-electron chi connectivity index (χ1n) is 10.4. The number of nitrogens with zero attached hydrogens (tertiary/aromatic N) is 4. The highest BCUT2D eigenvalue weighted by Gasteiger charge is 2.27. The Labute approximate surface area is 181 Å². The molecule has 0 saturated carbocycles. The predicted molar refractivity (Wildman–Crippen MR) is 119 cm³/mol. The fourth-order valence-electron chi connectivity index (χ4n) is 4.25. The second-order valence-corrected chi connectivity index (χ2v) is 8.15. The van der Waals surface area contributed by atoms with Crippen LogP contribution in [0.15, 0.2) is 42.5 Å². The number of nitro benzene ring substituents is 1. The van der Waals surface area contributed by atoms with Crippen LogP contribution in [0, 0.1) is 10.1 Å². The van der Waals surface area contributed by atoms with Crippen molar-refractivity contribution >= 4 is 34.6 Å². The number of nitro groups is 1. The molecule has 2 aliphatic heterocycles. The summed E-state index contributed by atoms with van der Waals surface area (Å²) in [6, 6.07) is 12.6. The van der Waals surface area contributed by atoms with Crippen LogP contribution in [0.1, 0.15) is 29.6 Å². The number of hydrogen-bond acceptors (Lipinski definition) is 5. The summed E-state index contributed by atoms with van der Waals surface area (Å²) < 4.78 is 0. The molecule has 30 heavy (non-hydrogen) atoms. The van der Waals surface area contributed by atoms with E-state index in [2.05, 4.69) is 9.80 Å². The molecule has 0 spiro atoms. The zero-order chi connectivity index (χ0) is 21.1. The van der Waals surface area contributed by atoms with Gasteiger partial charge in [-0.25, -0.2) is 0 Å². The third-order valence-corrected chi connectivity index (χ3v) is 6.20. The van der Waals surface area contributed by atoms with Crippen molar-refractivity contribution in [1.82, 2.24) is 4.90 Å². The van der Waals surface area contributed by atoms with Gasteiger partial charge in [0.05, 0.1) is 15.6 Å². The van der Waals surface area contributed by atoms with Gasteiger partial charge in [0.15, 0.2) is 0 Å². The SMILES string of the molecule is O=C(c1ccc(N2CCCCC2)c([N+](=O)[O-])c1)N1CCN(c2ccccc2Cl)CC1. The molecular weight excluding hydrogens is 404 g/mol. The van der Waals surface area contributed by atoms with Gasteiger partial charge in [-0.2, -0.15) is 0 Å². The summed E-state index contributed by atoms with van der Waals surface area (Å²) in [6.07, 6.45) is 3.22. The number of hydrogen-bond donors (Lipinski definition) is 0. The van der Waals surface area contributed by atoms with E-state index in [-0.39, 0.29) is 16.5 Å². The molecule has 2 saturated heterocycles. The lowest BCUT2D eigenvalue weighted by Gasteiger charge is -2.36. The van der Waals surface area contributed by atoms with Crippen molar-refractivity contribution < 1.29 is 9.72 Å². The highest BCUT2D eigenvalue weighted by molar-refractivity contribution is 6.33. The zero-order valence-electron chi connectivity index (χ0n) is 16.8. The third kappa shape index (κ3) is 4.21. The molecule has 0 bridgehead atoms. The van der Waals surface area contributed by atoms with Gasteiger partial charge in [-0.05, 0) is 43.5 Å². The highest BCUT2D eigenvalue weighted by atomic mass is 35.5. The molecule has 8 heteroatoms. The van der Waals surface area contributed by atoms with Crippen LogP contribution in [-0.2, 0) is 0 Å². The van der Waals surface area contributed by atoms with Crippen LogP contribution in [0.5, 0.6) is 0 Å². The molecular formula is C22H25ClN4O3. The monoisotopic (exact) mass is 428 g/mol. The summed E-state index contributed by atoms with van der Waals surface area (Å²) in [5.41, 5.74) is 1.96. The average molecular weight is 429 g/mol. The minimum absolute atomic E-state index is 0.0115. The summed E-state index contributed by atoms with van der Waals surface area (Å²) >= 11 is 6.29. The number of carbonyl (C=O) groups excluding carboxylic acids is 1. The molecule has 2 aromatic carbocycles. The van der Waals surface area contributed by atoms with Gasteiger partial charge in [0.2, 0.25) is 0 Å². The van der Waals surface area contributed by atoms with Crippen molar-refractivity contribution in [2.45, 2.75) is 19.3 Å². The lowest BCUT2D eigenvalue weighted by Crippen LogP contribution is -2.48. The van der Waals surface area contributed by atoms with Gasteiger partial charge >= 0.3 is 0 Å². The number of para-hydroxylation sites is 1. The molecule has 0 atom stereocenters. The maximum Gasteiger partial charge on any atom is 0.293 e. The minimum atomic E-state index is -0.379. The van der Waals surface area contributed by atoms with E-state index in [0.717, 1.165) is 38.0 Å². The maximum absolute atomic E-state index is 13.0. The van der Waals surface area contributed by atoms with Crippen LogP contribution >= 0.6 is 11.6 Å². The lowest BCUT2D eigenvalue weighted by atomic mass is 10.1. The Morgan fingerprint density at radius 1 is 0.867 bits per heavy atom. The van der Waals surface area contributed by atoms with Crippen LogP contribution in [0.2, 0.25) is 5.02 Å². The first kappa shape index (κ1) is 20.5. The number of anilines is 2. The summed E-state index contributed by atoms with van der Waals surface area (Å²) in [4.78, 5) is 30.3. The van der Waals surface area contributed by atoms with Gasteiger partial charge in [-0.3, -0.25) is 14.9 Å². The molecule has 2 aromatic rings. The van der Waals surface area contributed by atoms with Crippen LogP contribution < -0.4 is 9.80 Å². The molecule has 4 rings (SSSR count). The standard InChI is InChI=1S/C22H25ClN4O3/c23-18-6-2-3-7-19(18)25-12-14-26(15-13-25)22(28)17-8-9-20(21(16-17)27(29)30)24-10-4-1-5-11-24/h2-3,6-9,16H,1,4-5,10-15H2. The van der Waals surface area contributed by atoms with Crippen LogP contribution in [0.4, 0.5) is 17.1 Å². The van der Waals surface area contributed by atoms with Crippen LogP contribution in [0.25, 0.3) is 0 Å². The van der Waals surface area contributed by atoms with E-state index in [1.807, 2.05) is 24.3 Å². The number of piperazine rings is 1. The summed E-state index contributed by atoms with van der Waals surface area (Å²) in [6.45, 7) is 4.07. The number of carbonyl (C=O) groups is 1. The van der Waals surface area contributed by atoms with Crippen molar-refractivity contribution in [3.8, 4) is 0 Å². The molecule has 158 valence electrons. The van der Waals surface area contributed by atoms with Gasteiger partial charge in [0.1, 0.15) is 5.69 Å². The van der Waals surface area contributed by atoms with Crippen LogP contribution in [0.3, 0.4) is 0 Å². The predicted octanol–water partition coefficient (Wildman–Crippen LogP) is 4.20. The van der Waals surface area contributed by atoms with E-state index in [0.29, 0.717) is 42.5 Å². The fourth-order valence-corrected chi connectivity index (χ4v) is 4.50. The first-order valence-corrected chi connectivity index (χ1v) is 10.7. The molecule has 0 unspecified atom stereocenters. The molecule has 1 amide bonds. The molecule has 0 aliphatic carbocycles. The maximum atomic E-state index is 13.0. The Morgan fingerprint density at radius 2 is 1.53 bits per heavy atom. The van der Waals surface area contributed by atoms with E-state index in [1.165, 1.54) is 6.07 Å². The van der Waals surface area contributed by atoms with Crippen molar-refractivity contribution in [2.24, 2.45) is 0 Å². The fraction of sp³-hybridized carbons (Fsp3) is 0.409. The summed E-state index contributed by atoms with van der Waals surface area (Å²) in [5.74, 6) is -0.165. The number of piperidine rings is 1. The van der Waals surface area contributed by atoms with Crippen molar-refractivity contribution in [1.29, 1.82) is 0 Å². The van der Waals surface area contributed by atoms with Crippen molar-refractivity contribution in [2.75, 3.05) is 49.1 Å². The van der Waals surface area contributed by atoms with E-state index < -0.39 is 0 Å². The normalized spacial score (nSPS) is 17.2. The molecule has 2 aliphatic rings. The molecule has 2 fully saturated rings. The smallest absolute Gasteiger partial charge is 0.293 e. The molecule has 2 heterocycles. The Hall–Kier alpha value is -2.80. The van der Waals surface area contributed by atoms with Crippen molar-refractivity contribution in [3.05, 3.63) is 63.2 Å². The van der Waals surface area contributed by atoms with Crippen molar-refractivity contribution in [3.63, 3.8) is 0 Å². The van der Waals surface area contributed by atoms with Gasteiger partial charge in [-0.15, -0.1) is 0 Å². The Balaban J connectivity index is 1.48. The number of rotatable bonds is 4. The van der Waals surface area contributed by atoms with E-state index in [4.69, 9.17) is 11.6 Å². The second-order valence-electron chi connectivity index (χ2n) is 7.74. The second kappa shape index (κ2) is 8.92. The Bertz CT molecular complexity index is 938. The lowest BCUT2D eigenvalue weighted by molar-refractivity contribution is -0.384. The van der Waals surface area contributed by atoms with E-state index in [9.17, 15) is 14.9 Å².